The van der Waals surface area contributed by atoms with Crippen molar-refractivity contribution in [2.75, 3.05) is 0 Å². The lowest BCUT2D eigenvalue weighted by Crippen LogP contribution is -2.15. The number of hydrogen-bond donors (Lipinski definition) is 3. The molecular weight excluding hydrogens is 340 g/mol. The van der Waals surface area contributed by atoms with E-state index in [0.29, 0.717) is 23.6 Å². The number of hydrogen-bond acceptors (Lipinski definition) is 3. The van der Waals surface area contributed by atoms with Gasteiger partial charge in [0.05, 0.1) is 7.06 Å². The van der Waals surface area contributed by atoms with Crippen molar-refractivity contribution in [3.63, 3.8) is 0 Å². The first-order valence-corrected chi connectivity index (χ1v) is 8.55. The third kappa shape index (κ3) is 2.58. The molecule has 3 N–H and O–H groups in total. The van der Waals surface area contributed by atoms with Crippen molar-refractivity contribution in [2.45, 2.75) is 6.42 Å². The third-order valence-electron chi connectivity index (χ3n) is 4.69. The molecule has 0 saturated heterocycles. The van der Waals surface area contributed by atoms with Crippen LogP contribution in [0.25, 0.3) is 28.0 Å². The highest BCUT2D eigenvalue weighted by Crippen LogP contribution is 2.27. The van der Waals surface area contributed by atoms with Crippen LogP contribution >= 0.6 is 0 Å². The van der Waals surface area contributed by atoms with Gasteiger partial charge in [0.15, 0.2) is 5.82 Å². The summed E-state index contributed by atoms with van der Waals surface area (Å²) in [7, 11) is 0. The van der Waals surface area contributed by atoms with Gasteiger partial charge < -0.3 is 15.1 Å². The number of nitrogens with zero attached hydrogens (tertiary/aromatic N) is 2. The number of aromatic nitrogens is 4. The highest BCUT2D eigenvalue weighted by Gasteiger charge is 2.16. The lowest BCUT2D eigenvalue weighted by atomic mass is 10.1. The number of aromatic hydroxyl groups is 1. The van der Waals surface area contributed by atoms with Crippen molar-refractivity contribution >= 4 is 10.9 Å². The van der Waals surface area contributed by atoms with Crippen LogP contribution in [0.15, 0.2) is 71.9 Å². The molecule has 2 aliphatic rings. The maximum absolute atomic E-state index is 12.9. The average molecular weight is 357 g/mol. The van der Waals surface area contributed by atoms with Gasteiger partial charge in [0.2, 0.25) is 0 Å². The highest BCUT2D eigenvalue weighted by molar-refractivity contribution is 5.94. The average Bonchev–Trinajstić information content (AvgIpc) is 3.26. The van der Waals surface area contributed by atoms with Gasteiger partial charge in [0.25, 0.3) is 5.56 Å². The fourth-order valence-electron chi connectivity index (χ4n) is 3.31. The van der Waals surface area contributed by atoms with E-state index in [-0.39, 0.29) is 17.5 Å². The predicted octanol–water partition coefficient (Wildman–Crippen LogP) is 3.44. The molecule has 0 fully saturated rings. The van der Waals surface area contributed by atoms with Gasteiger partial charge in [-0.3, -0.25) is 9.36 Å². The van der Waals surface area contributed by atoms with E-state index in [1.165, 1.54) is 4.57 Å². The molecule has 3 aromatic rings. The van der Waals surface area contributed by atoms with Crippen molar-refractivity contribution in [1.29, 1.82) is 0 Å². The van der Waals surface area contributed by atoms with E-state index in [1.807, 2.05) is 30.5 Å². The van der Waals surface area contributed by atoms with Crippen molar-refractivity contribution in [3.8, 4) is 22.8 Å². The first-order valence-electron chi connectivity index (χ1n) is 9.05. The molecule has 0 aliphatic carbocycles. The van der Waals surface area contributed by atoms with Crippen LogP contribution in [0.3, 0.4) is 0 Å². The summed E-state index contributed by atoms with van der Waals surface area (Å²) in [4.78, 5) is 23.5. The van der Waals surface area contributed by atoms with Gasteiger partial charge in [-0.25, -0.2) is 4.98 Å². The Morgan fingerprint density at radius 2 is 1.93 bits per heavy atom. The molecule has 0 amide bonds. The van der Waals surface area contributed by atoms with Gasteiger partial charge in [-0.05, 0) is 23.8 Å². The Hall–Kier alpha value is -3.80. The smallest absolute Gasteiger partial charge is 0.278 e. The number of para-hydroxylation sites is 1. The largest absolute Gasteiger partial charge is 0.508 e. The summed E-state index contributed by atoms with van der Waals surface area (Å²) < 4.78 is 9.73. The monoisotopic (exact) mass is 357 g/mol. The van der Waals surface area contributed by atoms with Gasteiger partial charge >= 0.3 is 0 Å². The Morgan fingerprint density at radius 1 is 1.11 bits per heavy atom. The molecule has 0 bridgehead atoms. The fourth-order valence-corrected chi connectivity index (χ4v) is 3.31. The molecule has 132 valence electrons. The summed E-state index contributed by atoms with van der Waals surface area (Å²) in [6.07, 6.45) is 3.97. The van der Waals surface area contributed by atoms with Crippen LogP contribution < -0.4 is 5.56 Å². The van der Waals surface area contributed by atoms with Crippen molar-refractivity contribution in [3.05, 3.63) is 88.7 Å². The predicted molar refractivity (Wildman–Crippen MR) is 104 cm³/mol. The van der Waals surface area contributed by atoms with Crippen LogP contribution in [-0.2, 0) is 6.42 Å². The van der Waals surface area contributed by atoms with E-state index in [0.717, 1.165) is 22.0 Å². The normalized spacial score (nSPS) is 11.9. The standard InChI is InChI=1S/C21H16N4O2/c26-14-7-5-13(6-8-14)9-18-21(27)25-12-19(23-11-20(25)24-18)16-10-22-17-4-2-1-3-15(16)17/h1-8,10-12,22-23,26H,9H2/i11D. The quantitative estimate of drug-likeness (QED) is 0.462. The second kappa shape index (κ2) is 5.88. The van der Waals surface area contributed by atoms with Crippen molar-refractivity contribution < 1.29 is 6.48 Å². The minimum Gasteiger partial charge on any atom is -0.508 e. The fraction of sp³-hybridized carbons (Fsp3) is 0.0476. The second-order valence-electron chi connectivity index (χ2n) is 6.44. The number of rotatable bonds is 3. The molecule has 0 radical (unpaired) electrons. The summed E-state index contributed by atoms with van der Waals surface area (Å²) in [6, 6.07) is 14.5. The Morgan fingerprint density at radius 3 is 2.78 bits per heavy atom. The third-order valence-corrected chi connectivity index (χ3v) is 4.69. The molecule has 0 saturated carbocycles. The lowest BCUT2D eigenvalue weighted by Gasteiger charge is -2.05. The Bertz CT molecular complexity index is 1330. The van der Waals surface area contributed by atoms with Crippen LogP contribution in [0, 0.1) is 0 Å². The summed E-state index contributed by atoms with van der Waals surface area (Å²) >= 11 is 0. The van der Waals surface area contributed by atoms with Gasteiger partial charge in [-0.2, -0.15) is 0 Å². The van der Waals surface area contributed by atoms with Crippen LogP contribution in [0.1, 0.15) is 12.6 Å². The second-order valence-corrected chi connectivity index (χ2v) is 6.44. The molecule has 0 spiro atoms. The molecule has 6 heteroatoms. The minimum atomic E-state index is -0.244. The number of fused-ring (bicyclic) bond motifs is 2. The zero-order valence-electron chi connectivity index (χ0n) is 15.2. The first-order chi connectivity index (χ1) is 13.6. The van der Waals surface area contributed by atoms with Crippen LogP contribution in [0.2, 0.25) is 0 Å². The Kier molecular flexibility index (Phi) is 3.13. The molecule has 6 nitrogen and oxygen atoms in total. The molecular formula is C21H16N4O2. The molecule has 0 unspecified atom stereocenters. The molecule has 27 heavy (non-hydrogen) atoms. The minimum absolute atomic E-state index is 0.0804. The number of phenolic OH excluding ortho intramolecular Hbond substituents is 1. The zero-order valence-corrected chi connectivity index (χ0v) is 14.2. The van der Waals surface area contributed by atoms with Gasteiger partial charge in [-0.15, -0.1) is 0 Å². The topological polar surface area (TPSA) is 86.7 Å². The highest BCUT2D eigenvalue weighted by atomic mass is 16.3. The van der Waals surface area contributed by atoms with E-state index in [9.17, 15) is 9.90 Å². The number of phenols is 1. The number of benzene rings is 2. The Balaban J connectivity index is 1.63. The Labute approximate surface area is 155 Å². The molecule has 2 aromatic carbocycles. The molecule has 2 aliphatic heterocycles. The van der Waals surface area contributed by atoms with E-state index < -0.39 is 0 Å². The summed E-state index contributed by atoms with van der Waals surface area (Å²) in [5.41, 5.74) is 3.53. The maximum atomic E-state index is 12.9. The van der Waals surface area contributed by atoms with Gasteiger partial charge in [0.1, 0.15) is 11.4 Å². The zero-order chi connectivity index (χ0) is 19.3. The lowest BCUT2D eigenvalue weighted by molar-refractivity contribution is 0.475. The van der Waals surface area contributed by atoms with E-state index in [4.69, 9.17) is 1.37 Å². The SMILES string of the molecule is [2H]c1[nH]c(-c2c[nH]c3ccccc23)cn2c(=O)c(Cc3ccc(O)cc3)nc1-2. The molecule has 5 rings (SSSR count). The maximum Gasteiger partial charge on any atom is 0.278 e. The summed E-state index contributed by atoms with van der Waals surface area (Å²) in [5, 5.41) is 10.4. The number of imidazole rings is 1. The number of H-pyrrole nitrogens is 2. The van der Waals surface area contributed by atoms with Crippen molar-refractivity contribution in [1.82, 2.24) is 19.5 Å². The van der Waals surface area contributed by atoms with Crippen molar-refractivity contribution in [2.24, 2.45) is 0 Å². The van der Waals surface area contributed by atoms with Gasteiger partial charge in [-0.1, -0.05) is 30.3 Å². The number of aromatic amines is 2. The van der Waals surface area contributed by atoms with E-state index >= 15 is 0 Å². The molecule has 1 aromatic heterocycles. The molecule has 0 atom stereocenters. The molecule has 3 heterocycles. The van der Waals surface area contributed by atoms with E-state index in [2.05, 4.69) is 15.0 Å². The van der Waals surface area contributed by atoms with Crippen LogP contribution in [0.5, 0.6) is 5.75 Å². The first kappa shape index (κ1) is 14.4. The number of nitrogens with one attached hydrogen (secondary N) is 2. The van der Waals surface area contributed by atoms with Gasteiger partial charge in [0, 0.05) is 41.5 Å². The van der Waals surface area contributed by atoms with E-state index in [1.54, 1.807) is 30.5 Å². The van der Waals surface area contributed by atoms with Crippen LogP contribution in [-0.4, -0.2) is 24.6 Å². The summed E-state index contributed by atoms with van der Waals surface area (Å²) in [5.74, 6) is 0.467. The van der Waals surface area contributed by atoms with Crippen LogP contribution in [0.4, 0.5) is 0 Å². The summed E-state index contributed by atoms with van der Waals surface area (Å²) in [6.45, 7) is 0.